The van der Waals surface area contributed by atoms with E-state index in [1.54, 1.807) is 0 Å². The van der Waals surface area contributed by atoms with Gasteiger partial charge in [0, 0.05) is 0 Å². The summed E-state index contributed by atoms with van der Waals surface area (Å²) in [5, 5.41) is 0. The molecule has 0 bridgehead atoms. The molecule has 0 saturated carbocycles. The number of carbonyl (C=O) groups excluding carboxylic acids is 2. The van der Waals surface area contributed by atoms with E-state index in [2.05, 4.69) is 0 Å². The number of benzene rings is 1. The molecule has 1 rings (SSSR count). The first kappa shape index (κ1) is 17.0. The van der Waals surface area contributed by atoms with Crippen LogP contribution in [0, 0.1) is 6.92 Å². The van der Waals surface area contributed by atoms with Crippen LogP contribution < -0.4 is 0 Å². The normalized spacial score (nSPS) is 12.1. The number of imide groups is 1. The lowest BCUT2D eigenvalue weighted by Crippen LogP contribution is -2.49. The number of amides is 2. The number of alkyl halides is 6. The van der Waals surface area contributed by atoms with Gasteiger partial charge in [0.2, 0.25) is 0 Å². The molecule has 0 fully saturated rings. The highest BCUT2D eigenvalue weighted by Crippen LogP contribution is 2.26. The van der Waals surface area contributed by atoms with E-state index in [4.69, 9.17) is 0 Å². The number of nitrogens with zero attached hydrogens (tertiary/aromatic N) is 1. The molecule has 1 aromatic carbocycles. The third-order valence-electron chi connectivity index (χ3n) is 2.57. The van der Waals surface area contributed by atoms with Crippen LogP contribution >= 0.6 is 0 Å². The van der Waals surface area contributed by atoms with Gasteiger partial charge in [-0.25, -0.2) is 0 Å². The van der Waals surface area contributed by atoms with Crippen molar-refractivity contribution < 1.29 is 35.9 Å². The largest absolute Gasteiger partial charge is 0.471 e. The fourth-order valence-electron chi connectivity index (χ4n) is 1.50. The maximum Gasteiger partial charge on any atom is 0.471 e. The first-order valence-electron chi connectivity index (χ1n) is 5.49. The molecule has 0 aliphatic heterocycles. The number of hydrogen-bond acceptors (Lipinski definition) is 2. The maximum atomic E-state index is 12.3. The minimum Gasteiger partial charge on any atom is -0.264 e. The van der Waals surface area contributed by atoms with Crippen molar-refractivity contribution in [3.8, 4) is 0 Å². The van der Waals surface area contributed by atoms with Crippen molar-refractivity contribution in [1.29, 1.82) is 0 Å². The highest BCUT2D eigenvalue weighted by atomic mass is 19.4. The molecule has 0 aromatic heterocycles. The Kier molecular flexibility index (Phi) is 4.65. The van der Waals surface area contributed by atoms with Crippen LogP contribution in [-0.4, -0.2) is 29.1 Å². The van der Waals surface area contributed by atoms with Gasteiger partial charge in [-0.1, -0.05) is 24.3 Å². The summed E-state index contributed by atoms with van der Waals surface area (Å²) < 4.78 is 74.0. The molecule has 3 nitrogen and oxygen atoms in total. The molecule has 0 unspecified atom stereocenters. The van der Waals surface area contributed by atoms with Gasteiger partial charge < -0.3 is 0 Å². The van der Waals surface area contributed by atoms with E-state index in [0.29, 0.717) is 5.56 Å². The molecule has 9 heteroatoms. The lowest BCUT2D eigenvalue weighted by atomic mass is 10.1. The van der Waals surface area contributed by atoms with E-state index in [0.717, 1.165) is 0 Å². The Morgan fingerprint density at radius 1 is 0.952 bits per heavy atom. The molecule has 2 amide bonds. The summed E-state index contributed by atoms with van der Waals surface area (Å²) in [4.78, 5) is 21.3. The molecule has 0 saturated heterocycles. The predicted octanol–water partition coefficient (Wildman–Crippen LogP) is 2.97. The van der Waals surface area contributed by atoms with Gasteiger partial charge in [-0.15, -0.1) is 0 Å². The molecule has 0 atom stereocenters. The summed E-state index contributed by atoms with van der Waals surface area (Å²) in [7, 11) is 0. The Bertz CT molecular complexity index is 523. The Labute approximate surface area is 115 Å². The van der Waals surface area contributed by atoms with E-state index in [1.807, 2.05) is 0 Å². The first-order valence-corrected chi connectivity index (χ1v) is 5.49. The fraction of sp³-hybridized carbons (Fsp3) is 0.333. The zero-order valence-electron chi connectivity index (χ0n) is 10.5. The van der Waals surface area contributed by atoms with Crippen LogP contribution in [0.4, 0.5) is 26.3 Å². The van der Waals surface area contributed by atoms with Crippen LogP contribution in [0.2, 0.25) is 0 Å². The fourth-order valence-corrected chi connectivity index (χ4v) is 1.50. The lowest BCUT2D eigenvalue weighted by Gasteiger charge is -2.23. The van der Waals surface area contributed by atoms with Crippen molar-refractivity contribution in [1.82, 2.24) is 4.90 Å². The van der Waals surface area contributed by atoms with Gasteiger partial charge in [0.15, 0.2) is 0 Å². The van der Waals surface area contributed by atoms with E-state index in [1.165, 1.54) is 31.2 Å². The van der Waals surface area contributed by atoms with Crippen LogP contribution in [0.1, 0.15) is 11.1 Å². The second kappa shape index (κ2) is 5.74. The molecule has 21 heavy (non-hydrogen) atoms. The Morgan fingerprint density at radius 3 is 1.76 bits per heavy atom. The molecule has 0 radical (unpaired) electrons. The van der Waals surface area contributed by atoms with Gasteiger partial charge in [-0.05, 0) is 18.1 Å². The number of rotatable bonds is 2. The van der Waals surface area contributed by atoms with Gasteiger partial charge in [0.1, 0.15) is 0 Å². The average molecular weight is 313 g/mol. The van der Waals surface area contributed by atoms with E-state index >= 15 is 0 Å². The van der Waals surface area contributed by atoms with E-state index in [-0.39, 0.29) is 5.56 Å². The zero-order chi connectivity index (χ0) is 16.4. The van der Waals surface area contributed by atoms with Crippen LogP contribution in [-0.2, 0) is 16.1 Å². The molecule has 1 aromatic rings. The predicted molar refractivity (Wildman–Crippen MR) is 58.8 cm³/mol. The standard InChI is InChI=1S/C12H9F6NO2/c1-7-4-2-3-5-8(7)6-19(9(20)11(13,14)15)10(21)12(16,17)18/h2-5H,6H2,1H3. The van der Waals surface area contributed by atoms with Crippen molar-refractivity contribution in [2.75, 3.05) is 0 Å². The highest BCUT2D eigenvalue weighted by Gasteiger charge is 2.51. The Morgan fingerprint density at radius 2 is 1.38 bits per heavy atom. The summed E-state index contributed by atoms with van der Waals surface area (Å²) in [6.07, 6.45) is -11.2. The lowest BCUT2D eigenvalue weighted by molar-refractivity contribution is -0.204. The number of aryl methyl sites for hydroxylation is 1. The summed E-state index contributed by atoms with van der Waals surface area (Å²) in [6, 6.07) is 5.55. The van der Waals surface area contributed by atoms with Crippen molar-refractivity contribution in [2.45, 2.75) is 25.8 Å². The van der Waals surface area contributed by atoms with Gasteiger partial charge in [-0.2, -0.15) is 26.3 Å². The molecular weight excluding hydrogens is 304 g/mol. The molecule has 0 N–H and O–H groups in total. The van der Waals surface area contributed by atoms with Crippen molar-refractivity contribution in [2.24, 2.45) is 0 Å². The third-order valence-corrected chi connectivity index (χ3v) is 2.57. The Hall–Kier alpha value is -2.06. The van der Waals surface area contributed by atoms with E-state index in [9.17, 15) is 35.9 Å². The number of carbonyl (C=O) groups is 2. The Balaban J connectivity index is 3.18. The number of halogens is 6. The smallest absolute Gasteiger partial charge is 0.264 e. The van der Waals surface area contributed by atoms with Crippen molar-refractivity contribution in [3.05, 3.63) is 35.4 Å². The van der Waals surface area contributed by atoms with Gasteiger partial charge in [0.25, 0.3) is 0 Å². The molecule has 116 valence electrons. The quantitative estimate of drug-likeness (QED) is 0.787. The minimum absolute atomic E-state index is 0.00713. The van der Waals surface area contributed by atoms with Crippen LogP contribution in [0.15, 0.2) is 24.3 Å². The monoisotopic (exact) mass is 313 g/mol. The third kappa shape index (κ3) is 4.20. The summed E-state index contributed by atoms with van der Waals surface area (Å²) in [6.45, 7) is 0.326. The van der Waals surface area contributed by atoms with Crippen LogP contribution in [0.25, 0.3) is 0 Å². The van der Waals surface area contributed by atoms with Crippen molar-refractivity contribution >= 4 is 11.8 Å². The average Bonchev–Trinajstić information content (AvgIpc) is 2.34. The first-order chi connectivity index (χ1) is 9.44. The summed E-state index contributed by atoms with van der Waals surface area (Å²) in [5.74, 6) is -5.71. The second-order valence-electron chi connectivity index (χ2n) is 4.12. The SMILES string of the molecule is Cc1ccccc1CN(C(=O)C(F)(F)F)C(=O)C(F)(F)F. The van der Waals surface area contributed by atoms with Crippen LogP contribution in [0.5, 0.6) is 0 Å². The molecule has 0 aliphatic carbocycles. The molecule has 0 spiro atoms. The zero-order valence-corrected chi connectivity index (χ0v) is 10.5. The topological polar surface area (TPSA) is 37.4 Å². The maximum absolute atomic E-state index is 12.3. The number of hydrogen-bond donors (Lipinski definition) is 0. The molecular formula is C12H9F6NO2. The highest BCUT2D eigenvalue weighted by molar-refractivity contribution is 6.00. The van der Waals surface area contributed by atoms with Crippen LogP contribution in [0.3, 0.4) is 0 Å². The summed E-state index contributed by atoms with van der Waals surface area (Å²) >= 11 is 0. The second-order valence-corrected chi connectivity index (χ2v) is 4.12. The van der Waals surface area contributed by atoms with Gasteiger partial charge >= 0.3 is 24.2 Å². The molecule has 0 heterocycles. The van der Waals surface area contributed by atoms with Crippen molar-refractivity contribution in [3.63, 3.8) is 0 Å². The minimum atomic E-state index is -5.58. The summed E-state index contributed by atoms with van der Waals surface area (Å²) in [5.41, 5.74) is 0.361. The van der Waals surface area contributed by atoms with Gasteiger partial charge in [0.05, 0.1) is 6.54 Å². The van der Waals surface area contributed by atoms with Gasteiger partial charge in [-0.3, -0.25) is 14.5 Å². The molecule has 0 aliphatic rings. The van der Waals surface area contributed by atoms with E-state index < -0.39 is 35.6 Å².